The fourth-order valence-electron chi connectivity index (χ4n) is 1.31. The maximum absolute atomic E-state index is 12.1. The van der Waals surface area contributed by atoms with Crippen molar-refractivity contribution in [3.63, 3.8) is 0 Å². The van der Waals surface area contributed by atoms with Crippen molar-refractivity contribution >= 4 is 5.69 Å². The van der Waals surface area contributed by atoms with Crippen LogP contribution in [0.15, 0.2) is 24.3 Å². The monoisotopic (exact) mass is 248 g/mol. The molecule has 1 unspecified atom stereocenters. The number of hydrogen-bond donors (Lipinski definition) is 1. The Balaban J connectivity index is 2.64. The van der Waals surface area contributed by atoms with Gasteiger partial charge in [-0.25, -0.2) is 0 Å². The van der Waals surface area contributed by atoms with Crippen LogP contribution in [-0.4, -0.2) is 17.1 Å². The topological polar surface area (TPSA) is 69.2 Å². The molecule has 0 aliphatic rings. The van der Waals surface area contributed by atoms with Crippen molar-refractivity contribution in [3.8, 4) is 0 Å². The van der Waals surface area contributed by atoms with Gasteiger partial charge in [-0.05, 0) is 18.4 Å². The van der Waals surface area contributed by atoms with E-state index in [1.54, 1.807) is 0 Å². The van der Waals surface area contributed by atoms with Gasteiger partial charge in [0.25, 0.3) is 5.69 Å². The van der Waals surface area contributed by atoms with Gasteiger partial charge in [0.1, 0.15) is 6.04 Å². The van der Waals surface area contributed by atoms with Gasteiger partial charge in [-0.3, -0.25) is 10.1 Å². The van der Waals surface area contributed by atoms with Crippen LogP contribution in [0.5, 0.6) is 0 Å². The van der Waals surface area contributed by atoms with Crippen LogP contribution in [-0.2, 0) is 6.42 Å². The second kappa shape index (κ2) is 5.13. The molecule has 0 saturated heterocycles. The van der Waals surface area contributed by atoms with Crippen LogP contribution in [0.2, 0.25) is 0 Å². The first-order valence-corrected chi connectivity index (χ1v) is 4.86. The lowest BCUT2D eigenvalue weighted by Gasteiger charge is -2.14. The van der Waals surface area contributed by atoms with Crippen molar-refractivity contribution in [1.82, 2.24) is 0 Å². The molecule has 1 atom stereocenters. The molecule has 0 aliphatic carbocycles. The van der Waals surface area contributed by atoms with Gasteiger partial charge in [0, 0.05) is 12.1 Å². The number of alkyl halides is 3. The van der Waals surface area contributed by atoms with E-state index < -0.39 is 17.1 Å². The normalized spacial score (nSPS) is 13.4. The Labute approximate surface area is 95.4 Å². The van der Waals surface area contributed by atoms with Gasteiger partial charge in [0.15, 0.2) is 0 Å². The summed E-state index contributed by atoms with van der Waals surface area (Å²) < 4.78 is 36.4. The summed E-state index contributed by atoms with van der Waals surface area (Å²) in [6.45, 7) is 0. The Morgan fingerprint density at radius 2 is 2.06 bits per heavy atom. The molecular weight excluding hydrogens is 237 g/mol. The van der Waals surface area contributed by atoms with Crippen molar-refractivity contribution in [1.29, 1.82) is 0 Å². The average molecular weight is 248 g/mol. The van der Waals surface area contributed by atoms with E-state index in [4.69, 9.17) is 5.73 Å². The van der Waals surface area contributed by atoms with Crippen LogP contribution >= 0.6 is 0 Å². The summed E-state index contributed by atoms with van der Waals surface area (Å²) in [6.07, 6.45) is -4.66. The molecule has 2 N–H and O–H groups in total. The van der Waals surface area contributed by atoms with E-state index in [2.05, 4.69) is 0 Å². The maximum Gasteiger partial charge on any atom is 0.403 e. The molecule has 1 rings (SSSR count). The van der Waals surface area contributed by atoms with Crippen LogP contribution in [0.1, 0.15) is 12.0 Å². The highest BCUT2D eigenvalue weighted by Crippen LogP contribution is 2.22. The largest absolute Gasteiger partial charge is 0.403 e. The van der Waals surface area contributed by atoms with E-state index >= 15 is 0 Å². The highest BCUT2D eigenvalue weighted by molar-refractivity contribution is 5.34. The number of aryl methyl sites for hydroxylation is 1. The van der Waals surface area contributed by atoms with Gasteiger partial charge in [0.2, 0.25) is 0 Å². The number of nitro groups is 1. The Hall–Kier alpha value is -1.63. The number of hydrogen-bond acceptors (Lipinski definition) is 3. The highest BCUT2D eigenvalue weighted by atomic mass is 19.4. The van der Waals surface area contributed by atoms with Gasteiger partial charge < -0.3 is 5.73 Å². The minimum absolute atomic E-state index is 0.0579. The van der Waals surface area contributed by atoms with Crippen molar-refractivity contribution in [2.75, 3.05) is 0 Å². The molecule has 7 heteroatoms. The number of nitrogens with two attached hydrogens (primary N) is 1. The predicted octanol–water partition coefficient (Wildman–Crippen LogP) is 2.42. The Bertz CT molecular complexity index is 407. The summed E-state index contributed by atoms with van der Waals surface area (Å²) in [4.78, 5) is 9.86. The predicted molar refractivity (Wildman–Crippen MR) is 55.4 cm³/mol. The molecule has 0 aliphatic heterocycles. The minimum Gasteiger partial charge on any atom is -0.320 e. The molecular formula is C10H11F3N2O2. The summed E-state index contributed by atoms with van der Waals surface area (Å²) in [6, 6.07) is 3.61. The number of nitrogens with zero attached hydrogens (tertiary/aromatic N) is 1. The molecule has 4 nitrogen and oxygen atoms in total. The summed E-state index contributed by atoms with van der Waals surface area (Å²) >= 11 is 0. The number of non-ortho nitro benzene ring substituents is 1. The molecule has 0 amide bonds. The SMILES string of the molecule is NC(CCc1cccc([N+](=O)[O-])c1)C(F)(F)F. The van der Waals surface area contributed by atoms with Gasteiger partial charge in [-0.1, -0.05) is 12.1 Å². The lowest BCUT2D eigenvalue weighted by Crippen LogP contribution is -2.37. The van der Waals surface area contributed by atoms with Crippen LogP contribution in [0.25, 0.3) is 0 Å². The lowest BCUT2D eigenvalue weighted by atomic mass is 10.1. The zero-order valence-electron chi connectivity index (χ0n) is 8.78. The third kappa shape index (κ3) is 4.03. The third-order valence-corrected chi connectivity index (χ3v) is 2.29. The van der Waals surface area contributed by atoms with Gasteiger partial charge in [-0.15, -0.1) is 0 Å². The van der Waals surface area contributed by atoms with Crippen molar-refractivity contribution in [3.05, 3.63) is 39.9 Å². The summed E-state index contributed by atoms with van der Waals surface area (Å²) in [7, 11) is 0. The Kier molecular flexibility index (Phi) is 4.06. The number of nitro benzene ring substituents is 1. The molecule has 17 heavy (non-hydrogen) atoms. The van der Waals surface area contributed by atoms with E-state index in [1.807, 2.05) is 0 Å². The molecule has 94 valence electrons. The van der Waals surface area contributed by atoms with Crippen LogP contribution in [0.4, 0.5) is 18.9 Å². The molecule has 1 aromatic rings. The second-order valence-electron chi connectivity index (χ2n) is 3.61. The standard InChI is InChI=1S/C10H11F3N2O2/c11-10(12,13)9(14)5-4-7-2-1-3-8(6-7)15(16)17/h1-3,6,9H,4-5,14H2. The molecule has 1 aromatic carbocycles. The summed E-state index contributed by atoms with van der Waals surface area (Å²) in [5, 5.41) is 10.5. The highest BCUT2D eigenvalue weighted by Gasteiger charge is 2.35. The van der Waals surface area contributed by atoms with E-state index in [9.17, 15) is 23.3 Å². The first kappa shape index (κ1) is 13.4. The van der Waals surface area contributed by atoms with Crippen LogP contribution in [0.3, 0.4) is 0 Å². The molecule has 0 fully saturated rings. The maximum atomic E-state index is 12.1. The van der Waals surface area contributed by atoms with E-state index in [1.165, 1.54) is 24.3 Å². The quantitative estimate of drug-likeness (QED) is 0.657. The molecule has 0 bridgehead atoms. The summed E-state index contributed by atoms with van der Waals surface area (Å²) in [5.41, 5.74) is 5.27. The zero-order valence-corrected chi connectivity index (χ0v) is 8.78. The van der Waals surface area contributed by atoms with Crippen LogP contribution in [0, 0.1) is 10.1 Å². The molecule has 0 spiro atoms. The first-order chi connectivity index (χ1) is 7.80. The average Bonchev–Trinajstić information content (AvgIpc) is 2.25. The molecule has 0 saturated carbocycles. The molecule has 0 heterocycles. The molecule has 0 aromatic heterocycles. The third-order valence-electron chi connectivity index (χ3n) is 2.29. The lowest BCUT2D eigenvalue weighted by molar-refractivity contribution is -0.384. The second-order valence-corrected chi connectivity index (χ2v) is 3.61. The Morgan fingerprint density at radius 1 is 1.41 bits per heavy atom. The Morgan fingerprint density at radius 3 is 2.59 bits per heavy atom. The van der Waals surface area contributed by atoms with Crippen molar-refractivity contribution < 1.29 is 18.1 Å². The van der Waals surface area contributed by atoms with E-state index in [0.717, 1.165) is 0 Å². The number of rotatable bonds is 4. The minimum atomic E-state index is -4.43. The van der Waals surface area contributed by atoms with Crippen molar-refractivity contribution in [2.24, 2.45) is 5.73 Å². The van der Waals surface area contributed by atoms with Gasteiger partial charge in [0.05, 0.1) is 4.92 Å². The van der Waals surface area contributed by atoms with Gasteiger partial charge in [-0.2, -0.15) is 13.2 Å². The first-order valence-electron chi connectivity index (χ1n) is 4.86. The zero-order chi connectivity index (χ0) is 13.1. The van der Waals surface area contributed by atoms with E-state index in [0.29, 0.717) is 5.56 Å². The van der Waals surface area contributed by atoms with Crippen LogP contribution < -0.4 is 5.73 Å². The fraction of sp³-hybridized carbons (Fsp3) is 0.400. The van der Waals surface area contributed by atoms with Crippen molar-refractivity contribution in [2.45, 2.75) is 25.1 Å². The fourth-order valence-corrected chi connectivity index (χ4v) is 1.31. The number of benzene rings is 1. The summed E-state index contributed by atoms with van der Waals surface area (Å²) in [5.74, 6) is 0. The van der Waals surface area contributed by atoms with Gasteiger partial charge >= 0.3 is 6.18 Å². The number of halogens is 3. The molecule has 0 radical (unpaired) electrons. The van der Waals surface area contributed by atoms with E-state index in [-0.39, 0.29) is 18.5 Å². The smallest absolute Gasteiger partial charge is 0.320 e.